The average Bonchev–Trinajstić information content (AvgIpc) is 3.79. The summed E-state index contributed by atoms with van der Waals surface area (Å²) in [6, 6.07) is 10.4. The van der Waals surface area contributed by atoms with Gasteiger partial charge in [-0.3, -0.25) is 24.1 Å². The monoisotopic (exact) mass is 799 g/mol. The van der Waals surface area contributed by atoms with Crippen molar-refractivity contribution in [3.05, 3.63) is 65.0 Å². The van der Waals surface area contributed by atoms with Crippen LogP contribution in [0.3, 0.4) is 0 Å². The lowest BCUT2D eigenvalue weighted by molar-refractivity contribution is -0.168. The zero-order valence-electron chi connectivity index (χ0n) is 29.1. The van der Waals surface area contributed by atoms with Gasteiger partial charge >= 0.3 is 6.16 Å². The van der Waals surface area contributed by atoms with Crippen LogP contribution < -0.4 is 5.32 Å². The van der Waals surface area contributed by atoms with Crippen LogP contribution in [-0.4, -0.2) is 119 Å². The first-order valence-electron chi connectivity index (χ1n) is 17.4. The molecule has 13 nitrogen and oxygen atoms in total. The summed E-state index contributed by atoms with van der Waals surface area (Å²) >= 11 is 0. The summed E-state index contributed by atoms with van der Waals surface area (Å²) in [5, 5.41) is 17.2. The Morgan fingerprint density at radius 1 is 0.906 bits per heavy atom. The molecule has 10 atom stereocenters. The smallest absolute Gasteiger partial charge is 0.435 e. The molecule has 9 heterocycles. The number of carbonyl (C=O) groups is 5. The van der Waals surface area contributed by atoms with E-state index in [2.05, 4.69) is 5.32 Å². The topological polar surface area (TPSA) is 149 Å². The number of amides is 4. The van der Waals surface area contributed by atoms with Crippen molar-refractivity contribution >= 4 is 78.6 Å². The van der Waals surface area contributed by atoms with Gasteiger partial charge < -0.3 is 34.6 Å². The summed E-state index contributed by atoms with van der Waals surface area (Å²) < 4.78 is 27.8. The van der Waals surface area contributed by atoms with Crippen LogP contribution in [0.25, 0.3) is 0 Å². The van der Waals surface area contributed by atoms with Crippen LogP contribution in [0.5, 0.6) is 0 Å². The molecule has 2 aromatic carbocycles. The Balaban J connectivity index is 1.37. The van der Waals surface area contributed by atoms with Crippen LogP contribution >= 0.6 is 43.2 Å². The molecule has 1 aliphatic carbocycles. The van der Waals surface area contributed by atoms with E-state index in [0.29, 0.717) is 22.4 Å². The van der Waals surface area contributed by atoms with E-state index in [1.54, 1.807) is 51.2 Å². The van der Waals surface area contributed by atoms with Gasteiger partial charge in [0.1, 0.15) is 18.1 Å². The number of fused-ring (bicyclic) bond motifs is 11. The number of anilines is 1. The van der Waals surface area contributed by atoms with Gasteiger partial charge in [0.05, 0.1) is 23.5 Å². The molecule has 8 fully saturated rings. The third-order valence-electron chi connectivity index (χ3n) is 13.3. The lowest BCUT2D eigenvalue weighted by atomic mass is 9.51. The molecule has 0 aromatic heterocycles. The van der Waals surface area contributed by atoms with E-state index in [0.717, 1.165) is 21.6 Å². The first-order chi connectivity index (χ1) is 25.2. The lowest BCUT2D eigenvalue weighted by Gasteiger charge is -2.59. The van der Waals surface area contributed by atoms with Crippen molar-refractivity contribution in [1.82, 2.24) is 19.6 Å². The largest absolute Gasteiger partial charge is 0.508 e. The number of nitrogens with one attached hydrogen (secondary N) is 1. The number of nitrogens with zero attached hydrogens (tertiary/aromatic N) is 4. The number of hydrogen-bond donors (Lipinski definition) is 2. The Morgan fingerprint density at radius 3 is 2.36 bits per heavy atom. The van der Waals surface area contributed by atoms with Gasteiger partial charge in [-0.15, -0.1) is 0 Å². The van der Waals surface area contributed by atoms with Crippen LogP contribution in [0.4, 0.5) is 14.9 Å². The van der Waals surface area contributed by atoms with Gasteiger partial charge in [-0.2, -0.15) is 0 Å². The van der Waals surface area contributed by atoms with Crippen molar-refractivity contribution in [2.75, 3.05) is 26.0 Å². The number of likely N-dealkylation sites (N-methyl/N-ethyl adjacent to an activating group) is 2. The fraction of sp³-hybridized carbons (Fsp3) is 0.514. The Kier molecular flexibility index (Phi) is 6.64. The summed E-state index contributed by atoms with van der Waals surface area (Å²) in [5.41, 5.74) is -1.76. The molecule has 18 heteroatoms. The SMILES string of the molecule is CCOC(=O)O[C@H]1[C@]2([C@@]34c5cc(F)ccc5C[C@@H]3N3C(=O)[C@]5(CC)SS[C@]3(C(=O)N5C)[C@H]4O)c3ccccc3N[C@@H]2N2C(=O)[C@]3(C)SS[C@]12C(=O)N3C. The van der Waals surface area contributed by atoms with Gasteiger partial charge in [-0.25, -0.2) is 9.18 Å². The van der Waals surface area contributed by atoms with E-state index in [9.17, 15) is 14.7 Å². The molecule has 12 rings (SSSR count). The predicted molar refractivity (Wildman–Crippen MR) is 195 cm³/mol. The Hall–Kier alpha value is -3.32. The van der Waals surface area contributed by atoms with Crippen molar-refractivity contribution in [3.8, 4) is 0 Å². The van der Waals surface area contributed by atoms with Crippen molar-refractivity contribution in [2.24, 2.45) is 0 Å². The fourth-order valence-electron chi connectivity index (χ4n) is 11.0. The second kappa shape index (κ2) is 10.3. The minimum atomic E-state index is -1.92. The molecule has 0 unspecified atom stereocenters. The summed E-state index contributed by atoms with van der Waals surface area (Å²) in [5.74, 6) is -2.44. The van der Waals surface area contributed by atoms with E-state index in [4.69, 9.17) is 9.47 Å². The number of rotatable bonds is 4. The molecule has 278 valence electrons. The van der Waals surface area contributed by atoms with Gasteiger partial charge in [0, 0.05) is 19.8 Å². The minimum absolute atomic E-state index is 0.0656. The van der Waals surface area contributed by atoms with Crippen molar-refractivity contribution in [1.29, 1.82) is 0 Å². The maximum absolute atomic E-state index is 15.9. The molecule has 2 N–H and O–H groups in total. The maximum Gasteiger partial charge on any atom is 0.508 e. The number of para-hydroxylation sites is 1. The predicted octanol–water partition coefficient (Wildman–Crippen LogP) is 3.21. The Labute approximate surface area is 319 Å². The lowest BCUT2D eigenvalue weighted by Crippen LogP contribution is -2.77. The Bertz CT molecular complexity index is 2130. The average molecular weight is 800 g/mol. The summed E-state index contributed by atoms with van der Waals surface area (Å²) in [7, 11) is 7.69. The second-order valence-electron chi connectivity index (χ2n) is 14.9. The highest BCUT2D eigenvalue weighted by Gasteiger charge is 2.93. The van der Waals surface area contributed by atoms with E-state index >= 15 is 18.8 Å². The van der Waals surface area contributed by atoms with Crippen LogP contribution in [0.15, 0.2) is 42.5 Å². The molecule has 9 aliphatic heterocycles. The second-order valence-corrected chi connectivity index (χ2v) is 20.2. The molecule has 4 amide bonds. The summed E-state index contributed by atoms with van der Waals surface area (Å²) in [6.07, 6.45) is -5.29. The molecule has 10 aliphatic rings. The zero-order chi connectivity index (χ0) is 37.4. The first kappa shape index (κ1) is 34.2. The molecular weight excluding hydrogens is 766 g/mol. The minimum Gasteiger partial charge on any atom is -0.435 e. The molecule has 2 spiro atoms. The molecule has 8 saturated heterocycles. The van der Waals surface area contributed by atoms with Crippen molar-refractivity contribution in [3.63, 3.8) is 0 Å². The molecule has 53 heavy (non-hydrogen) atoms. The summed E-state index contributed by atoms with van der Waals surface area (Å²) in [6.45, 7) is 5.03. The standard InChI is InChI=1S/C35H34FN5O8S4/c1-6-31-26(44)40-21-14-16-12-13-17(36)15-19(16)32(21,22(42)34(40,52-51-31)27(45)39(31)5)33-18-10-8-9-11-20(18)37-24(33)41-25(43)30(3)38(4)28(46)35(41,53-50-30)23(33)49-29(47)48-7-2/h8-13,15,21-24,37,42H,6-7,14H2,1-5H3/t21-,22-,23-,24+,30-,31-,32-,33+,34-,35-/m0/s1. The van der Waals surface area contributed by atoms with Crippen LogP contribution in [0.2, 0.25) is 0 Å². The number of benzene rings is 2. The highest BCUT2D eigenvalue weighted by Crippen LogP contribution is 2.79. The number of aliphatic hydroxyl groups excluding tert-OH is 1. The Morgan fingerprint density at radius 2 is 1.62 bits per heavy atom. The molecule has 0 radical (unpaired) electrons. The number of halogens is 1. The number of piperazine rings is 2. The van der Waals surface area contributed by atoms with Crippen LogP contribution in [0, 0.1) is 5.82 Å². The first-order valence-corrected chi connectivity index (χ1v) is 21.7. The van der Waals surface area contributed by atoms with Gasteiger partial charge in [-0.1, -0.05) is 52.8 Å². The van der Waals surface area contributed by atoms with Crippen LogP contribution in [0.1, 0.15) is 43.9 Å². The number of aliphatic hydroxyl groups is 1. The third-order valence-corrected chi connectivity index (χ3v) is 20.7. The number of hydrogen-bond acceptors (Lipinski definition) is 13. The molecule has 2 aromatic rings. The van der Waals surface area contributed by atoms with E-state index in [1.165, 1.54) is 60.4 Å². The van der Waals surface area contributed by atoms with Crippen LogP contribution in [-0.2, 0) is 45.9 Å². The molecular formula is C35H34FN5O8S4. The highest BCUT2D eigenvalue weighted by atomic mass is 33.1. The van der Waals surface area contributed by atoms with E-state index in [-0.39, 0.29) is 25.4 Å². The number of ether oxygens (including phenoxy) is 2. The van der Waals surface area contributed by atoms with Crippen molar-refractivity contribution < 1.29 is 42.9 Å². The quantitative estimate of drug-likeness (QED) is 0.345. The van der Waals surface area contributed by atoms with Gasteiger partial charge in [0.15, 0.2) is 15.8 Å². The molecule has 4 bridgehead atoms. The van der Waals surface area contributed by atoms with Gasteiger partial charge in [-0.05, 0) is 83.2 Å². The third kappa shape index (κ3) is 3.21. The fourth-order valence-corrected chi connectivity index (χ4v) is 18.5. The zero-order valence-corrected chi connectivity index (χ0v) is 32.3. The van der Waals surface area contributed by atoms with Gasteiger partial charge in [0.2, 0.25) is 9.74 Å². The van der Waals surface area contributed by atoms with Crippen molar-refractivity contribution in [2.45, 2.75) is 88.3 Å². The normalized spacial score (nSPS) is 42.3. The van der Waals surface area contributed by atoms with E-state index < -0.39 is 84.4 Å². The maximum atomic E-state index is 15.9. The van der Waals surface area contributed by atoms with E-state index in [1.807, 2.05) is 6.92 Å². The highest BCUT2D eigenvalue weighted by molar-refractivity contribution is 8.78. The van der Waals surface area contributed by atoms with Gasteiger partial charge in [0.25, 0.3) is 23.6 Å². The summed E-state index contributed by atoms with van der Waals surface area (Å²) in [4.78, 5) is 73.3. The molecule has 0 saturated carbocycles. The number of carbonyl (C=O) groups excluding carboxylic acids is 5.